The Balaban J connectivity index is 1.50. The number of aryl methyl sites for hydroxylation is 2. The summed E-state index contributed by atoms with van der Waals surface area (Å²) in [7, 11) is 0. The van der Waals surface area contributed by atoms with E-state index in [1.807, 2.05) is 11.3 Å². The molecule has 1 saturated heterocycles. The van der Waals surface area contributed by atoms with Crippen LogP contribution in [0.5, 0.6) is 0 Å². The van der Waals surface area contributed by atoms with Gasteiger partial charge in [0.25, 0.3) is 0 Å². The Hall–Kier alpha value is -1.20. The van der Waals surface area contributed by atoms with Crippen LogP contribution in [0.1, 0.15) is 87.4 Å². The lowest BCUT2D eigenvalue weighted by atomic mass is 10.1. The van der Waals surface area contributed by atoms with Crippen LogP contribution in [0.25, 0.3) is 10.2 Å². The van der Waals surface area contributed by atoms with Gasteiger partial charge in [-0.3, -0.25) is 4.90 Å². The molecule has 0 amide bonds. The van der Waals surface area contributed by atoms with Gasteiger partial charge in [-0.25, -0.2) is 9.97 Å². The van der Waals surface area contributed by atoms with Crippen LogP contribution < -0.4 is 4.90 Å². The maximum absolute atomic E-state index is 5.23. The third kappa shape index (κ3) is 3.81. The smallest absolute Gasteiger partial charge is 0.141 e. The number of thiophene rings is 1. The molecule has 3 aliphatic rings. The average molecular weight is 413 g/mol. The Morgan fingerprint density at radius 3 is 2.48 bits per heavy atom. The highest BCUT2D eigenvalue weighted by atomic mass is 32.1. The molecule has 5 rings (SSSR count). The monoisotopic (exact) mass is 412 g/mol. The number of hydrogen-bond acceptors (Lipinski definition) is 5. The minimum atomic E-state index is 0.430. The lowest BCUT2D eigenvalue weighted by Crippen LogP contribution is -2.50. The molecule has 1 unspecified atom stereocenters. The number of piperazine rings is 1. The highest BCUT2D eigenvalue weighted by molar-refractivity contribution is 7.19. The van der Waals surface area contributed by atoms with Crippen molar-refractivity contribution in [3.05, 3.63) is 16.3 Å². The van der Waals surface area contributed by atoms with Crippen molar-refractivity contribution in [2.45, 2.75) is 90.0 Å². The number of nitrogens with zero attached hydrogens (tertiary/aromatic N) is 4. The van der Waals surface area contributed by atoms with Crippen LogP contribution in [0.15, 0.2) is 0 Å². The molecule has 4 nitrogen and oxygen atoms in total. The van der Waals surface area contributed by atoms with E-state index in [4.69, 9.17) is 9.97 Å². The summed E-state index contributed by atoms with van der Waals surface area (Å²) < 4.78 is 0. The molecule has 158 valence electrons. The Morgan fingerprint density at radius 2 is 1.72 bits per heavy atom. The van der Waals surface area contributed by atoms with Gasteiger partial charge in [-0.2, -0.15) is 0 Å². The summed E-state index contributed by atoms with van der Waals surface area (Å²) in [5.41, 5.74) is 1.59. The molecule has 1 saturated carbocycles. The SMILES string of the molecule is CCC(C)c1nc(N2CCN(C3CCCC3)CC2)c2c3c(sc2n1)CCCCC3. The van der Waals surface area contributed by atoms with Crippen molar-refractivity contribution < 1.29 is 0 Å². The van der Waals surface area contributed by atoms with E-state index in [1.54, 1.807) is 10.4 Å². The first-order valence-corrected chi connectivity index (χ1v) is 12.9. The van der Waals surface area contributed by atoms with E-state index in [1.165, 1.54) is 86.9 Å². The predicted molar refractivity (Wildman–Crippen MR) is 123 cm³/mol. The van der Waals surface area contributed by atoms with Crippen LogP contribution in [0, 0.1) is 0 Å². The molecule has 2 aliphatic carbocycles. The molecule has 3 heterocycles. The lowest BCUT2D eigenvalue weighted by molar-refractivity contribution is 0.187. The molecule has 0 radical (unpaired) electrons. The second kappa shape index (κ2) is 8.50. The van der Waals surface area contributed by atoms with Crippen molar-refractivity contribution in [2.75, 3.05) is 31.1 Å². The van der Waals surface area contributed by atoms with Gasteiger partial charge in [0.15, 0.2) is 0 Å². The van der Waals surface area contributed by atoms with Gasteiger partial charge < -0.3 is 4.90 Å². The summed E-state index contributed by atoms with van der Waals surface area (Å²) in [6.07, 6.45) is 13.3. The van der Waals surface area contributed by atoms with E-state index in [-0.39, 0.29) is 0 Å². The standard InChI is InChI=1S/C24H36N4S/c1-3-17(2)22-25-23(28-15-13-27(14-16-28)18-9-7-8-10-18)21-19-11-5-4-6-12-20(19)29-24(21)26-22/h17-18H,3-16H2,1-2H3. The lowest BCUT2D eigenvalue weighted by Gasteiger charge is -2.39. The number of anilines is 1. The van der Waals surface area contributed by atoms with Gasteiger partial charge in [0.2, 0.25) is 0 Å². The highest BCUT2D eigenvalue weighted by Gasteiger charge is 2.29. The van der Waals surface area contributed by atoms with E-state index in [2.05, 4.69) is 23.6 Å². The molecular weight excluding hydrogens is 376 g/mol. The van der Waals surface area contributed by atoms with Crippen molar-refractivity contribution in [3.8, 4) is 0 Å². The normalized spacial score (nSPS) is 22.8. The molecule has 0 spiro atoms. The van der Waals surface area contributed by atoms with Gasteiger partial charge in [-0.1, -0.05) is 33.1 Å². The fourth-order valence-electron chi connectivity index (χ4n) is 5.53. The third-order valence-corrected chi connectivity index (χ3v) is 8.76. The molecule has 0 aromatic carbocycles. The fraction of sp³-hybridized carbons (Fsp3) is 0.750. The molecule has 1 aliphatic heterocycles. The molecule has 2 fully saturated rings. The van der Waals surface area contributed by atoms with Crippen molar-refractivity contribution in [2.24, 2.45) is 0 Å². The molecule has 2 aromatic heterocycles. The summed E-state index contributed by atoms with van der Waals surface area (Å²) >= 11 is 1.97. The molecule has 0 N–H and O–H groups in total. The van der Waals surface area contributed by atoms with Gasteiger partial charge in [0, 0.05) is 43.0 Å². The van der Waals surface area contributed by atoms with Crippen molar-refractivity contribution in [1.29, 1.82) is 0 Å². The molecule has 29 heavy (non-hydrogen) atoms. The van der Waals surface area contributed by atoms with Crippen LogP contribution in [0.2, 0.25) is 0 Å². The second-order valence-electron chi connectivity index (χ2n) is 9.42. The van der Waals surface area contributed by atoms with Crippen molar-refractivity contribution in [1.82, 2.24) is 14.9 Å². The number of fused-ring (bicyclic) bond motifs is 3. The molecule has 0 bridgehead atoms. The zero-order valence-electron chi connectivity index (χ0n) is 18.3. The van der Waals surface area contributed by atoms with Gasteiger partial charge in [-0.15, -0.1) is 11.3 Å². The van der Waals surface area contributed by atoms with Crippen LogP contribution in [-0.4, -0.2) is 47.1 Å². The largest absolute Gasteiger partial charge is 0.353 e. The van der Waals surface area contributed by atoms with Gasteiger partial charge in [0.1, 0.15) is 16.5 Å². The van der Waals surface area contributed by atoms with Crippen molar-refractivity contribution in [3.63, 3.8) is 0 Å². The zero-order valence-corrected chi connectivity index (χ0v) is 19.1. The summed E-state index contributed by atoms with van der Waals surface area (Å²) in [6, 6.07) is 0.843. The fourth-order valence-corrected chi connectivity index (χ4v) is 6.79. The van der Waals surface area contributed by atoms with E-state index in [9.17, 15) is 0 Å². The Bertz CT molecular complexity index is 846. The van der Waals surface area contributed by atoms with E-state index >= 15 is 0 Å². The maximum atomic E-state index is 5.23. The molecular formula is C24H36N4S. The number of rotatable bonds is 4. The first-order chi connectivity index (χ1) is 14.2. The molecule has 1 atom stereocenters. The summed E-state index contributed by atoms with van der Waals surface area (Å²) in [5, 5.41) is 1.41. The quantitative estimate of drug-likeness (QED) is 0.617. The first kappa shape index (κ1) is 19.7. The number of aromatic nitrogens is 2. The predicted octanol–water partition coefficient (Wildman–Crippen LogP) is 5.54. The highest BCUT2D eigenvalue weighted by Crippen LogP contribution is 2.40. The average Bonchev–Trinajstić information content (AvgIpc) is 3.35. The van der Waals surface area contributed by atoms with Crippen LogP contribution >= 0.6 is 11.3 Å². The number of hydrogen-bond donors (Lipinski definition) is 0. The molecule has 2 aromatic rings. The Kier molecular flexibility index (Phi) is 5.79. The van der Waals surface area contributed by atoms with Gasteiger partial charge in [-0.05, 0) is 50.5 Å². The van der Waals surface area contributed by atoms with Crippen LogP contribution in [-0.2, 0) is 12.8 Å². The van der Waals surface area contributed by atoms with Gasteiger partial charge >= 0.3 is 0 Å². The third-order valence-electron chi connectivity index (χ3n) is 7.57. The van der Waals surface area contributed by atoms with Crippen LogP contribution in [0.4, 0.5) is 5.82 Å². The minimum Gasteiger partial charge on any atom is -0.353 e. The van der Waals surface area contributed by atoms with Gasteiger partial charge in [0.05, 0.1) is 5.39 Å². The Labute approximate surface area is 179 Å². The van der Waals surface area contributed by atoms with Crippen molar-refractivity contribution >= 4 is 27.4 Å². The summed E-state index contributed by atoms with van der Waals surface area (Å²) in [5.74, 6) is 2.75. The Morgan fingerprint density at radius 1 is 0.966 bits per heavy atom. The minimum absolute atomic E-state index is 0.430. The topological polar surface area (TPSA) is 32.3 Å². The van der Waals surface area contributed by atoms with E-state index < -0.39 is 0 Å². The van der Waals surface area contributed by atoms with E-state index in [0.29, 0.717) is 5.92 Å². The first-order valence-electron chi connectivity index (χ1n) is 12.1. The zero-order chi connectivity index (χ0) is 19.8. The summed E-state index contributed by atoms with van der Waals surface area (Å²) in [6.45, 7) is 9.16. The molecule has 5 heteroatoms. The summed E-state index contributed by atoms with van der Waals surface area (Å²) in [4.78, 5) is 18.5. The maximum Gasteiger partial charge on any atom is 0.141 e. The second-order valence-corrected chi connectivity index (χ2v) is 10.5. The van der Waals surface area contributed by atoms with Crippen LogP contribution in [0.3, 0.4) is 0 Å². The van der Waals surface area contributed by atoms with E-state index in [0.717, 1.165) is 31.4 Å².